The van der Waals surface area contributed by atoms with Gasteiger partial charge in [-0.2, -0.15) is 0 Å². The van der Waals surface area contributed by atoms with Crippen LogP contribution >= 0.6 is 0 Å². The molecule has 0 fully saturated rings. The van der Waals surface area contributed by atoms with Gasteiger partial charge in [0.05, 0.1) is 31.5 Å². The number of alkyl halides is 1. The Morgan fingerprint density at radius 3 is 2.44 bits per heavy atom. The van der Waals surface area contributed by atoms with Crippen molar-refractivity contribution < 1.29 is 38.7 Å². The average molecular weight is 451 g/mol. The molecule has 0 saturated carbocycles. The molecule has 32 heavy (non-hydrogen) atoms. The van der Waals surface area contributed by atoms with E-state index in [1.807, 2.05) is 0 Å². The van der Waals surface area contributed by atoms with Crippen LogP contribution in [0.3, 0.4) is 0 Å². The molecule has 0 bridgehead atoms. The molecule has 2 aromatic carbocycles. The highest BCUT2D eigenvalue weighted by Gasteiger charge is 2.34. The van der Waals surface area contributed by atoms with Crippen LogP contribution in [0.1, 0.15) is 0 Å². The van der Waals surface area contributed by atoms with Gasteiger partial charge in [-0.1, -0.05) is 12.1 Å². The minimum atomic E-state index is -2.12. The fourth-order valence-corrected chi connectivity index (χ4v) is 3.03. The Kier molecular flexibility index (Phi) is 7.70. The molecule has 0 amide bonds. The van der Waals surface area contributed by atoms with E-state index in [1.165, 1.54) is 31.6 Å². The SMILES string of the molecule is COc1cc2c(Nc3ccccc3F)ncnc2cc1O[C@H](CO)[C@H](O)[C@@H](O)[C@H](F)CO. The van der Waals surface area contributed by atoms with Gasteiger partial charge in [-0.15, -0.1) is 0 Å². The van der Waals surface area contributed by atoms with Crippen LogP contribution in [0, 0.1) is 5.82 Å². The smallest absolute Gasteiger partial charge is 0.164 e. The van der Waals surface area contributed by atoms with E-state index in [9.17, 15) is 24.1 Å². The second-order valence-corrected chi connectivity index (χ2v) is 6.87. The lowest BCUT2D eigenvalue weighted by molar-refractivity contribution is -0.0981. The first kappa shape index (κ1) is 23.5. The number of methoxy groups -OCH3 is 1. The van der Waals surface area contributed by atoms with Crippen molar-refractivity contribution in [1.82, 2.24) is 9.97 Å². The third-order valence-electron chi connectivity index (χ3n) is 4.78. The first-order valence-corrected chi connectivity index (χ1v) is 9.62. The van der Waals surface area contributed by atoms with Gasteiger partial charge in [0.1, 0.15) is 30.2 Å². The molecule has 11 heteroatoms. The molecule has 1 heterocycles. The molecule has 1 aromatic heterocycles. The summed E-state index contributed by atoms with van der Waals surface area (Å²) in [6.07, 6.45) is -6.13. The zero-order chi connectivity index (χ0) is 23.3. The Balaban J connectivity index is 1.94. The molecule has 3 rings (SSSR count). The number of aliphatic hydroxyl groups is 4. The van der Waals surface area contributed by atoms with Crippen LogP contribution in [-0.4, -0.2) is 75.2 Å². The van der Waals surface area contributed by atoms with Gasteiger partial charge in [0.2, 0.25) is 0 Å². The molecule has 4 atom stereocenters. The number of para-hydroxylation sites is 1. The van der Waals surface area contributed by atoms with Gasteiger partial charge in [-0.05, 0) is 18.2 Å². The standard InChI is InChI=1S/C21H23F2N3O6/c1-31-16-6-11-15(24-10-25-21(11)26-14-5-3-2-4-12(14)22)7-17(16)32-18(9-28)20(30)19(29)13(23)8-27/h2-7,10,13,18-20,27-30H,8-9H2,1H3,(H,24,25,26)/t13-,18-,19+,20+/m1/s1. The number of fused-ring (bicyclic) bond motifs is 1. The van der Waals surface area contributed by atoms with Crippen molar-refractivity contribution in [2.75, 3.05) is 25.6 Å². The minimum absolute atomic E-state index is 0.0419. The number of nitrogens with zero attached hydrogens (tertiary/aromatic N) is 2. The molecule has 0 aliphatic carbocycles. The van der Waals surface area contributed by atoms with E-state index in [-0.39, 0.29) is 17.2 Å². The predicted octanol–water partition coefficient (Wildman–Crippen LogP) is 1.31. The molecular weight excluding hydrogens is 428 g/mol. The molecule has 0 unspecified atom stereocenters. The van der Waals surface area contributed by atoms with Gasteiger partial charge in [-0.25, -0.2) is 18.7 Å². The predicted molar refractivity (Wildman–Crippen MR) is 111 cm³/mol. The second-order valence-electron chi connectivity index (χ2n) is 6.87. The Hall–Kier alpha value is -3.12. The molecule has 172 valence electrons. The highest BCUT2D eigenvalue weighted by molar-refractivity contribution is 5.93. The van der Waals surface area contributed by atoms with Crippen molar-refractivity contribution in [3.05, 3.63) is 48.5 Å². The van der Waals surface area contributed by atoms with Crippen LogP contribution in [0.15, 0.2) is 42.7 Å². The van der Waals surface area contributed by atoms with E-state index in [1.54, 1.807) is 18.2 Å². The maximum absolute atomic E-state index is 14.0. The van der Waals surface area contributed by atoms with Gasteiger partial charge in [0.25, 0.3) is 0 Å². The number of hydrogen-bond donors (Lipinski definition) is 5. The van der Waals surface area contributed by atoms with Crippen LogP contribution in [0.2, 0.25) is 0 Å². The van der Waals surface area contributed by atoms with Crippen LogP contribution < -0.4 is 14.8 Å². The molecule has 0 radical (unpaired) electrons. The number of rotatable bonds is 10. The van der Waals surface area contributed by atoms with Gasteiger partial charge in [0.15, 0.2) is 23.8 Å². The van der Waals surface area contributed by atoms with Crippen molar-refractivity contribution in [3.8, 4) is 11.5 Å². The van der Waals surface area contributed by atoms with Gasteiger partial charge in [-0.3, -0.25) is 0 Å². The van der Waals surface area contributed by atoms with E-state index in [0.717, 1.165) is 0 Å². The topological polar surface area (TPSA) is 137 Å². The number of ether oxygens (including phenoxy) is 2. The minimum Gasteiger partial charge on any atom is -0.493 e. The van der Waals surface area contributed by atoms with Gasteiger partial charge >= 0.3 is 0 Å². The van der Waals surface area contributed by atoms with Crippen LogP contribution in [0.5, 0.6) is 11.5 Å². The summed E-state index contributed by atoms with van der Waals surface area (Å²) in [4.78, 5) is 8.29. The van der Waals surface area contributed by atoms with E-state index in [4.69, 9.17) is 14.6 Å². The number of hydrogen-bond acceptors (Lipinski definition) is 9. The normalized spacial score (nSPS) is 15.1. The Morgan fingerprint density at radius 1 is 1.03 bits per heavy atom. The molecule has 5 N–H and O–H groups in total. The summed E-state index contributed by atoms with van der Waals surface area (Å²) >= 11 is 0. The molecule has 0 saturated heterocycles. The fraction of sp³-hybridized carbons (Fsp3) is 0.333. The van der Waals surface area contributed by atoms with Crippen molar-refractivity contribution in [1.29, 1.82) is 0 Å². The maximum Gasteiger partial charge on any atom is 0.164 e. The molecule has 9 nitrogen and oxygen atoms in total. The molecule has 0 spiro atoms. The summed E-state index contributed by atoms with van der Waals surface area (Å²) in [5.41, 5.74) is 0.564. The van der Waals surface area contributed by atoms with Gasteiger partial charge in [0, 0.05) is 11.5 Å². The summed E-state index contributed by atoms with van der Waals surface area (Å²) in [6.45, 7) is -1.77. The zero-order valence-corrected chi connectivity index (χ0v) is 17.0. The zero-order valence-electron chi connectivity index (χ0n) is 17.0. The number of halogens is 2. The highest BCUT2D eigenvalue weighted by atomic mass is 19.1. The number of benzene rings is 2. The third-order valence-corrected chi connectivity index (χ3v) is 4.78. The Labute approximate surface area is 181 Å². The first-order chi connectivity index (χ1) is 15.4. The van der Waals surface area contributed by atoms with Gasteiger partial charge < -0.3 is 35.2 Å². The van der Waals surface area contributed by atoms with Crippen molar-refractivity contribution >= 4 is 22.4 Å². The van der Waals surface area contributed by atoms with E-state index in [0.29, 0.717) is 16.7 Å². The summed E-state index contributed by atoms with van der Waals surface area (Å²) in [7, 11) is 1.35. The van der Waals surface area contributed by atoms with Crippen LogP contribution in [0.4, 0.5) is 20.3 Å². The lowest BCUT2D eigenvalue weighted by Crippen LogP contribution is -2.48. The quantitative estimate of drug-likeness (QED) is 0.309. The third kappa shape index (κ3) is 5.02. The van der Waals surface area contributed by atoms with E-state index < -0.39 is 43.5 Å². The highest BCUT2D eigenvalue weighted by Crippen LogP contribution is 2.36. The van der Waals surface area contributed by atoms with E-state index >= 15 is 0 Å². The number of nitrogens with one attached hydrogen (secondary N) is 1. The van der Waals surface area contributed by atoms with Crippen molar-refractivity contribution in [3.63, 3.8) is 0 Å². The number of aliphatic hydroxyl groups excluding tert-OH is 4. The lowest BCUT2D eigenvalue weighted by Gasteiger charge is -2.28. The molecule has 0 aliphatic heterocycles. The molecule has 0 aliphatic rings. The maximum atomic E-state index is 14.0. The Morgan fingerprint density at radius 2 is 1.78 bits per heavy atom. The molecular formula is C21H23F2N3O6. The largest absolute Gasteiger partial charge is 0.493 e. The van der Waals surface area contributed by atoms with Crippen molar-refractivity contribution in [2.45, 2.75) is 24.5 Å². The lowest BCUT2D eigenvalue weighted by atomic mass is 10.0. The fourth-order valence-electron chi connectivity index (χ4n) is 3.03. The first-order valence-electron chi connectivity index (χ1n) is 9.62. The van der Waals surface area contributed by atoms with Crippen LogP contribution in [0.25, 0.3) is 10.9 Å². The summed E-state index contributed by atoms with van der Waals surface area (Å²) in [6, 6.07) is 9.00. The average Bonchev–Trinajstić information content (AvgIpc) is 2.82. The second kappa shape index (κ2) is 10.5. The Bertz CT molecular complexity index is 1060. The summed E-state index contributed by atoms with van der Waals surface area (Å²) in [5.74, 6) is 0.0177. The monoisotopic (exact) mass is 451 g/mol. The number of aromatic nitrogens is 2. The summed E-state index contributed by atoms with van der Waals surface area (Å²) < 4.78 is 38.5. The van der Waals surface area contributed by atoms with Crippen LogP contribution in [-0.2, 0) is 0 Å². The summed E-state index contributed by atoms with van der Waals surface area (Å²) in [5, 5.41) is 41.7. The van der Waals surface area contributed by atoms with Crippen molar-refractivity contribution in [2.24, 2.45) is 0 Å². The molecule has 3 aromatic rings. The van der Waals surface area contributed by atoms with E-state index in [2.05, 4.69) is 15.3 Å². The number of anilines is 2.